The van der Waals surface area contributed by atoms with E-state index in [1.54, 1.807) is 6.92 Å². The Morgan fingerprint density at radius 3 is 2.55 bits per heavy atom. The van der Waals surface area contributed by atoms with Crippen LogP contribution in [0.15, 0.2) is 52.9 Å². The first-order chi connectivity index (χ1) is 15.0. The normalized spacial score (nSPS) is 13.3. The van der Waals surface area contributed by atoms with Gasteiger partial charge in [-0.2, -0.15) is 0 Å². The van der Waals surface area contributed by atoms with Crippen LogP contribution in [0.25, 0.3) is 11.5 Å². The number of carbonyl (C=O) groups excluding carboxylic acids is 2. The van der Waals surface area contributed by atoms with Gasteiger partial charge in [0.25, 0.3) is 5.91 Å². The maximum absolute atomic E-state index is 12.4. The van der Waals surface area contributed by atoms with Gasteiger partial charge in [-0.1, -0.05) is 18.2 Å². The number of hydrogen-bond acceptors (Lipinski definition) is 6. The van der Waals surface area contributed by atoms with Crippen LogP contribution in [0, 0.1) is 13.8 Å². The number of aromatic nitrogens is 1. The first-order valence-electron chi connectivity index (χ1n) is 10.4. The largest absolute Gasteiger partial charge is 0.451 e. The number of carbonyl (C=O) groups is 2. The Morgan fingerprint density at radius 2 is 1.84 bits per heavy atom. The average Bonchev–Trinajstić information content (AvgIpc) is 3.43. The Morgan fingerprint density at radius 1 is 1.10 bits per heavy atom. The van der Waals surface area contributed by atoms with Gasteiger partial charge < -0.3 is 19.4 Å². The van der Waals surface area contributed by atoms with Crippen molar-refractivity contribution >= 4 is 23.3 Å². The van der Waals surface area contributed by atoms with Gasteiger partial charge in [0.1, 0.15) is 5.76 Å². The lowest BCUT2D eigenvalue weighted by Gasteiger charge is -2.20. The molecular formula is C24H25N3O4. The van der Waals surface area contributed by atoms with Gasteiger partial charge in [0.2, 0.25) is 5.89 Å². The van der Waals surface area contributed by atoms with Gasteiger partial charge in [0, 0.05) is 30.0 Å². The van der Waals surface area contributed by atoms with Gasteiger partial charge in [0.05, 0.1) is 0 Å². The van der Waals surface area contributed by atoms with Crippen LogP contribution in [0.4, 0.5) is 11.4 Å². The molecule has 1 aliphatic heterocycles. The molecule has 3 aromatic rings. The van der Waals surface area contributed by atoms with E-state index in [-0.39, 0.29) is 5.69 Å². The molecule has 1 aliphatic rings. The Kier molecular flexibility index (Phi) is 6.02. The smallest absolute Gasteiger partial charge is 0.361 e. The number of nitrogens with zero attached hydrogens (tertiary/aromatic N) is 2. The molecule has 1 saturated heterocycles. The molecule has 31 heavy (non-hydrogen) atoms. The number of aryl methyl sites for hydroxylation is 2. The van der Waals surface area contributed by atoms with E-state index < -0.39 is 18.5 Å². The zero-order valence-corrected chi connectivity index (χ0v) is 17.7. The Bertz CT molecular complexity index is 1090. The van der Waals surface area contributed by atoms with E-state index in [2.05, 4.69) is 15.2 Å². The number of benzene rings is 2. The minimum Gasteiger partial charge on any atom is -0.451 e. The van der Waals surface area contributed by atoms with E-state index in [0.29, 0.717) is 17.3 Å². The van der Waals surface area contributed by atoms with Gasteiger partial charge in [-0.3, -0.25) is 4.79 Å². The molecule has 160 valence electrons. The average molecular weight is 419 g/mol. The Hall–Kier alpha value is -3.61. The summed E-state index contributed by atoms with van der Waals surface area (Å²) in [5.41, 5.74) is 3.79. The lowest BCUT2D eigenvalue weighted by Crippen LogP contribution is -2.22. The summed E-state index contributed by atoms with van der Waals surface area (Å²) in [6, 6.07) is 15.1. The second kappa shape index (κ2) is 9.04. The van der Waals surface area contributed by atoms with E-state index in [0.717, 1.165) is 24.2 Å². The number of oxazole rings is 1. The van der Waals surface area contributed by atoms with Crippen LogP contribution in [0.5, 0.6) is 0 Å². The summed E-state index contributed by atoms with van der Waals surface area (Å²) in [4.78, 5) is 31.2. The molecule has 0 unspecified atom stereocenters. The van der Waals surface area contributed by atoms with Crippen molar-refractivity contribution in [3.05, 3.63) is 65.5 Å². The SMILES string of the molecule is Cc1cc(NC(=O)COC(=O)c2nc(-c3ccccc3)oc2C)ccc1N1CCCC1. The molecule has 0 saturated carbocycles. The molecule has 0 aliphatic carbocycles. The van der Waals surface area contributed by atoms with Crippen molar-refractivity contribution < 1.29 is 18.7 Å². The minimum atomic E-state index is -0.695. The first kappa shape index (κ1) is 20.7. The van der Waals surface area contributed by atoms with Gasteiger partial charge in [0.15, 0.2) is 12.3 Å². The number of anilines is 2. The summed E-state index contributed by atoms with van der Waals surface area (Å²) in [7, 11) is 0. The highest BCUT2D eigenvalue weighted by Gasteiger charge is 2.20. The molecular weight excluding hydrogens is 394 g/mol. The van der Waals surface area contributed by atoms with E-state index in [4.69, 9.17) is 9.15 Å². The standard InChI is InChI=1S/C24H25N3O4/c1-16-14-19(10-11-20(16)27-12-6-7-13-27)25-21(28)15-30-24(29)22-17(2)31-23(26-22)18-8-4-3-5-9-18/h3-5,8-11,14H,6-7,12-13,15H2,1-2H3,(H,25,28). The molecule has 0 radical (unpaired) electrons. The summed E-state index contributed by atoms with van der Waals surface area (Å²) >= 11 is 0. The van der Waals surface area contributed by atoms with Crippen molar-refractivity contribution in [1.29, 1.82) is 0 Å². The molecule has 7 heteroatoms. The second-order valence-corrected chi connectivity index (χ2v) is 7.61. The fourth-order valence-electron chi connectivity index (χ4n) is 3.73. The highest BCUT2D eigenvalue weighted by atomic mass is 16.5. The highest BCUT2D eigenvalue weighted by Crippen LogP contribution is 2.27. The van der Waals surface area contributed by atoms with E-state index in [9.17, 15) is 9.59 Å². The predicted molar refractivity (Wildman–Crippen MR) is 118 cm³/mol. The van der Waals surface area contributed by atoms with E-state index in [1.807, 2.05) is 55.5 Å². The summed E-state index contributed by atoms with van der Waals surface area (Å²) in [6.45, 7) is 5.40. The van der Waals surface area contributed by atoms with Crippen molar-refractivity contribution in [1.82, 2.24) is 4.98 Å². The molecule has 2 heterocycles. The third kappa shape index (κ3) is 4.77. The van der Waals surface area contributed by atoms with E-state index in [1.165, 1.54) is 18.5 Å². The summed E-state index contributed by atoms with van der Waals surface area (Å²) < 4.78 is 10.7. The van der Waals surface area contributed by atoms with Gasteiger partial charge in [-0.15, -0.1) is 0 Å². The number of hydrogen-bond donors (Lipinski definition) is 1. The van der Waals surface area contributed by atoms with Crippen LogP contribution >= 0.6 is 0 Å². The number of rotatable bonds is 6. The monoisotopic (exact) mass is 419 g/mol. The molecule has 0 atom stereocenters. The van der Waals surface area contributed by atoms with Gasteiger partial charge in [-0.25, -0.2) is 9.78 Å². The van der Waals surface area contributed by atoms with Crippen LogP contribution in [0.3, 0.4) is 0 Å². The Balaban J connectivity index is 1.34. The molecule has 1 amide bonds. The van der Waals surface area contributed by atoms with Crippen molar-refractivity contribution in [3.8, 4) is 11.5 Å². The fourth-order valence-corrected chi connectivity index (χ4v) is 3.73. The zero-order valence-electron chi connectivity index (χ0n) is 17.7. The summed E-state index contributed by atoms with van der Waals surface area (Å²) in [6.07, 6.45) is 2.42. The van der Waals surface area contributed by atoms with Crippen LogP contribution in [0.1, 0.15) is 34.7 Å². The van der Waals surface area contributed by atoms with Crippen molar-refractivity contribution in [2.75, 3.05) is 29.9 Å². The zero-order chi connectivity index (χ0) is 21.8. The van der Waals surface area contributed by atoms with Crippen molar-refractivity contribution in [3.63, 3.8) is 0 Å². The number of amides is 1. The lowest BCUT2D eigenvalue weighted by molar-refractivity contribution is -0.119. The molecule has 7 nitrogen and oxygen atoms in total. The number of nitrogens with one attached hydrogen (secondary N) is 1. The van der Waals surface area contributed by atoms with Crippen molar-refractivity contribution in [2.45, 2.75) is 26.7 Å². The first-order valence-corrected chi connectivity index (χ1v) is 10.4. The Labute approximate surface area is 181 Å². The molecule has 4 rings (SSSR count). The number of ether oxygens (including phenoxy) is 1. The maximum atomic E-state index is 12.4. The lowest BCUT2D eigenvalue weighted by atomic mass is 10.1. The molecule has 1 N–H and O–H groups in total. The molecule has 0 spiro atoms. The summed E-state index contributed by atoms with van der Waals surface area (Å²) in [5.74, 6) is -0.425. The van der Waals surface area contributed by atoms with E-state index >= 15 is 0 Å². The van der Waals surface area contributed by atoms with Crippen LogP contribution in [0.2, 0.25) is 0 Å². The topological polar surface area (TPSA) is 84.7 Å². The third-order valence-electron chi connectivity index (χ3n) is 5.27. The molecule has 1 aromatic heterocycles. The van der Waals surface area contributed by atoms with Crippen LogP contribution < -0.4 is 10.2 Å². The van der Waals surface area contributed by atoms with Gasteiger partial charge >= 0.3 is 5.97 Å². The van der Waals surface area contributed by atoms with Crippen LogP contribution in [-0.2, 0) is 9.53 Å². The van der Waals surface area contributed by atoms with Gasteiger partial charge in [-0.05, 0) is 62.6 Å². The molecule has 2 aromatic carbocycles. The second-order valence-electron chi connectivity index (χ2n) is 7.61. The molecule has 0 bridgehead atoms. The minimum absolute atomic E-state index is 0.0671. The quantitative estimate of drug-likeness (QED) is 0.598. The highest BCUT2D eigenvalue weighted by molar-refractivity contribution is 5.95. The van der Waals surface area contributed by atoms with Crippen LogP contribution in [-0.4, -0.2) is 36.6 Å². The van der Waals surface area contributed by atoms with Crippen molar-refractivity contribution in [2.24, 2.45) is 0 Å². The maximum Gasteiger partial charge on any atom is 0.361 e. The fraction of sp³-hybridized carbons (Fsp3) is 0.292. The summed E-state index contributed by atoms with van der Waals surface area (Å²) in [5, 5.41) is 2.77. The number of esters is 1. The third-order valence-corrected chi connectivity index (χ3v) is 5.27. The molecule has 1 fully saturated rings. The predicted octanol–water partition coefficient (Wildman–Crippen LogP) is 4.35.